The molecular formula is C16H18Cl2N2O2. The van der Waals surface area contributed by atoms with Crippen LogP contribution in [0.5, 0.6) is 0 Å². The molecule has 0 aromatic heterocycles. The topological polar surface area (TPSA) is 49.4 Å². The second kappa shape index (κ2) is 5.74. The fourth-order valence-corrected chi connectivity index (χ4v) is 4.00. The minimum Gasteiger partial charge on any atom is -0.323 e. The molecule has 2 fully saturated rings. The number of amides is 3. The third kappa shape index (κ3) is 2.38. The molecule has 6 heteroatoms. The van der Waals surface area contributed by atoms with E-state index >= 15 is 0 Å². The van der Waals surface area contributed by atoms with Gasteiger partial charge in [0.2, 0.25) is 0 Å². The first-order valence-corrected chi connectivity index (χ1v) is 8.28. The largest absolute Gasteiger partial charge is 0.325 e. The van der Waals surface area contributed by atoms with Gasteiger partial charge in [-0.3, -0.25) is 9.69 Å². The first-order valence-electron chi connectivity index (χ1n) is 7.53. The van der Waals surface area contributed by atoms with Crippen LogP contribution in [0.3, 0.4) is 0 Å². The van der Waals surface area contributed by atoms with Crippen molar-refractivity contribution >= 4 is 35.1 Å². The molecule has 1 heterocycles. The highest BCUT2D eigenvalue weighted by molar-refractivity contribution is 6.36. The Balaban J connectivity index is 1.89. The van der Waals surface area contributed by atoms with Crippen LogP contribution in [0.2, 0.25) is 10.0 Å². The Labute approximate surface area is 139 Å². The van der Waals surface area contributed by atoms with E-state index in [1.807, 2.05) is 6.92 Å². The average molecular weight is 341 g/mol. The minimum absolute atomic E-state index is 0.109. The van der Waals surface area contributed by atoms with Crippen molar-refractivity contribution in [3.63, 3.8) is 0 Å². The third-order valence-corrected chi connectivity index (χ3v) is 5.59. The van der Waals surface area contributed by atoms with Gasteiger partial charge in [0, 0.05) is 15.6 Å². The highest BCUT2D eigenvalue weighted by atomic mass is 35.5. The molecule has 2 atom stereocenters. The van der Waals surface area contributed by atoms with Crippen molar-refractivity contribution in [3.05, 3.63) is 33.8 Å². The summed E-state index contributed by atoms with van der Waals surface area (Å²) in [5.74, 6) is -0.00916. The number of benzene rings is 1. The zero-order chi connectivity index (χ0) is 15.9. The van der Waals surface area contributed by atoms with Gasteiger partial charge in [-0.25, -0.2) is 4.79 Å². The summed E-state index contributed by atoms with van der Waals surface area (Å²) in [5.41, 5.74) is -0.141. The number of urea groups is 1. The van der Waals surface area contributed by atoms with Crippen LogP contribution >= 0.6 is 23.2 Å². The monoisotopic (exact) mass is 340 g/mol. The van der Waals surface area contributed by atoms with Gasteiger partial charge in [-0.05, 0) is 30.9 Å². The Bertz CT molecular complexity index is 614. The molecule has 1 N–H and O–H groups in total. The van der Waals surface area contributed by atoms with Gasteiger partial charge in [0.05, 0.1) is 6.54 Å². The van der Waals surface area contributed by atoms with Gasteiger partial charge in [0.1, 0.15) is 5.54 Å². The lowest BCUT2D eigenvalue weighted by atomic mass is 9.73. The molecular weight excluding hydrogens is 323 g/mol. The van der Waals surface area contributed by atoms with Crippen LogP contribution in [0, 0.1) is 5.92 Å². The van der Waals surface area contributed by atoms with Crippen LogP contribution in [-0.4, -0.2) is 22.4 Å². The van der Waals surface area contributed by atoms with Crippen LogP contribution < -0.4 is 5.32 Å². The number of imide groups is 1. The minimum atomic E-state index is -0.747. The summed E-state index contributed by atoms with van der Waals surface area (Å²) in [7, 11) is 0. The molecule has 1 aromatic carbocycles. The van der Waals surface area contributed by atoms with E-state index in [2.05, 4.69) is 5.32 Å². The highest BCUT2D eigenvalue weighted by Gasteiger charge is 2.54. The van der Waals surface area contributed by atoms with Crippen molar-refractivity contribution < 1.29 is 9.59 Å². The lowest BCUT2D eigenvalue weighted by Gasteiger charge is -2.36. The summed E-state index contributed by atoms with van der Waals surface area (Å²) < 4.78 is 0. The molecule has 4 nitrogen and oxygen atoms in total. The second-order valence-corrected chi connectivity index (χ2v) is 6.95. The predicted molar refractivity (Wildman–Crippen MR) is 85.9 cm³/mol. The van der Waals surface area contributed by atoms with Gasteiger partial charge in [0.25, 0.3) is 5.91 Å². The lowest BCUT2D eigenvalue weighted by Crippen LogP contribution is -2.53. The Morgan fingerprint density at radius 2 is 1.95 bits per heavy atom. The zero-order valence-corrected chi connectivity index (χ0v) is 13.9. The molecule has 3 rings (SSSR count). The van der Waals surface area contributed by atoms with Crippen LogP contribution in [0.15, 0.2) is 18.2 Å². The summed E-state index contributed by atoms with van der Waals surface area (Å²) in [6.07, 6.45) is 3.71. The number of nitrogens with zero attached hydrogens (tertiary/aromatic N) is 1. The maximum absolute atomic E-state index is 12.9. The molecule has 1 aromatic rings. The number of hydrogen-bond acceptors (Lipinski definition) is 2. The molecule has 1 saturated heterocycles. The fourth-order valence-electron chi connectivity index (χ4n) is 3.48. The van der Waals surface area contributed by atoms with E-state index in [0.717, 1.165) is 19.3 Å². The maximum atomic E-state index is 12.9. The van der Waals surface area contributed by atoms with Crippen LogP contribution in [-0.2, 0) is 11.3 Å². The molecule has 0 bridgehead atoms. The number of halogens is 2. The molecule has 0 radical (unpaired) electrons. The molecule has 0 unspecified atom stereocenters. The molecule has 22 heavy (non-hydrogen) atoms. The third-order valence-electron chi connectivity index (χ3n) is 4.88. The number of rotatable bonds is 2. The number of carbonyl (C=O) groups is 2. The maximum Gasteiger partial charge on any atom is 0.325 e. The Kier molecular flexibility index (Phi) is 4.08. The summed E-state index contributed by atoms with van der Waals surface area (Å²) in [6, 6.07) is 4.81. The smallest absolute Gasteiger partial charge is 0.323 e. The normalized spacial score (nSPS) is 28.3. The summed E-state index contributed by atoms with van der Waals surface area (Å²) in [6.45, 7) is 2.14. The molecule has 1 aliphatic carbocycles. The average Bonchev–Trinajstić information content (AvgIpc) is 2.71. The molecule has 1 spiro atoms. The summed E-state index contributed by atoms with van der Waals surface area (Å²) in [4.78, 5) is 26.5. The molecule has 3 amide bonds. The standard InChI is InChI=1S/C16H18Cl2N2O2/c1-10-5-2-3-8-16(10)14(21)20(15(22)19-16)9-11-12(17)6-4-7-13(11)18/h4,6-7,10H,2-3,5,8-9H2,1H3,(H,19,22)/t10-,16-/m0/s1. The zero-order valence-electron chi connectivity index (χ0n) is 12.4. The highest BCUT2D eigenvalue weighted by Crippen LogP contribution is 2.39. The van der Waals surface area contributed by atoms with Crippen molar-refractivity contribution in [1.29, 1.82) is 0 Å². The second-order valence-electron chi connectivity index (χ2n) is 6.14. The Hall–Kier alpha value is -1.26. The van der Waals surface area contributed by atoms with Gasteiger partial charge in [-0.15, -0.1) is 0 Å². The number of hydrogen-bond donors (Lipinski definition) is 1. The Morgan fingerprint density at radius 3 is 2.59 bits per heavy atom. The van der Waals surface area contributed by atoms with Crippen molar-refractivity contribution in [2.24, 2.45) is 5.92 Å². The van der Waals surface area contributed by atoms with Crippen LogP contribution in [0.1, 0.15) is 38.2 Å². The van der Waals surface area contributed by atoms with Gasteiger partial charge in [0.15, 0.2) is 0 Å². The van der Waals surface area contributed by atoms with E-state index in [-0.39, 0.29) is 24.4 Å². The van der Waals surface area contributed by atoms with Gasteiger partial charge < -0.3 is 5.32 Å². The fraction of sp³-hybridized carbons (Fsp3) is 0.500. The van der Waals surface area contributed by atoms with E-state index in [0.29, 0.717) is 22.0 Å². The first-order chi connectivity index (χ1) is 10.5. The van der Waals surface area contributed by atoms with Gasteiger partial charge in [-0.2, -0.15) is 0 Å². The first kappa shape index (κ1) is 15.6. The lowest BCUT2D eigenvalue weighted by molar-refractivity contribution is -0.134. The van der Waals surface area contributed by atoms with Crippen LogP contribution in [0.25, 0.3) is 0 Å². The number of nitrogens with one attached hydrogen (secondary N) is 1. The van der Waals surface area contributed by atoms with E-state index in [1.54, 1.807) is 18.2 Å². The van der Waals surface area contributed by atoms with E-state index < -0.39 is 5.54 Å². The SMILES string of the molecule is C[C@H]1CCCC[C@]12NC(=O)N(Cc1c(Cl)cccc1Cl)C2=O. The summed E-state index contributed by atoms with van der Waals surface area (Å²) in [5, 5.41) is 3.86. The van der Waals surface area contributed by atoms with Crippen molar-refractivity contribution in [2.45, 2.75) is 44.7 Å². The van der Waals surface area contributed by atoms with Gasteiger partial charge >= 0.3 is 6.03 Å². The van der Waals surface area contributed by atoms with E-state index in [4.69, 9.17) is 23.2 Å². The number of carbonyl (C=O) groups excluding carboxylic acids is 2. The van der Waals surface area contributed by atoms with Gasteiger partial charge in [-0.1, -0.05) is 49.0 Å². The predicted octanol–water partition coefficient (Wildman–Crippen LogP) is 3.99. The summed E-state index contributed by atoms with van der Waals surface area (Å²) >= 11 is 12.3. The van der Waals surface area contributed by atoms with Crippen molar-refractivity contribution in [1.82, 2.24) is 10.2 Å². The van der Waals surface area contributed by atoms with E-state index in [1.165, 1.54) is 4.90 Å². The molecule has 1 saturated carbocycles. The quantitative estimate of drug-likeness (QED) is 0.827. The van der Waals surface area contributed by atoms with Crippen molar-refractivity contribution in [2.75, 3.05) is 0 Å². The molecule has 1 aliphatic heterocycles. The van der Waals surface area contributed by atoms with Crippen LogP contribution in [0.4, 0.5) is 4.79 Å². The van der Waals surface area contributed by atoms with Crippen molar-refractivity contribution in [3.8, 4) is 0 Å². The molecule has 2 aliphatic rings. The van der Waals surface area contributed by atoms with E-state index in [9.17, 15) is 9.59 Å². The Morgan fingerprint density at radius 1 is 1.27 bits per heavy atom. The molecule has 118 valence electrons.